The first-order valence-electron chi connectivity index (χ1n) is 7.52. The van der Waals surface area contributed by atoms with Gasteiger partial charge in [0.15, 0.2) is 6.04 Å². The zero-order valence-corrected chi connectivity index (χ0v) is 13.6. The lowest BCUT2D eigenvalue weighted by molar-refractivity contribution is -0.885. The van der Waals surface area contributed by atoms with E-state index >= 15 is 0 Å². The number of nitrogens with zero attached hydrogens (tertiary/aromatic N) is 1. The molecule has 0 aromatic rings. The van der Waals surface area contributed by atoms with Gasteiger partial charge in [-0.1, -0.05) is 20.8 Å². The standard InChI is InChI=1S/C16H30NO2/c1-11(17(5,6)7)14(18)19-13-10-12-8-9-16(13,4)15(12,2)3/h11-13H,8-10H2,1-7H3/q+1/t11-,12+,13+,16-/m1/s1. The van der Waals surface area contributed by atoms with E-state index in [9.17, 15) is 4.79 Å². The van der Waals surface area contributed by atoms with Gasteiger partial charge < -0.3 is 9.22 Å². The van der Waals surface area contributed by atoms with E-state index in [4.69, 9.17) is 4.74 Å². The van der Waals surface area contributed by atoms with Crippen LogP contribution in [0.1, 0.15) is 47.0 Å². The van der Waals surface area contributed by atoms with Crippen LogP contribution < -0.4 is 0 Å². The highest BCUT2D eigenvalue weighted by atomic mass is 16.5. The predicted molar refractivity (Wildman–Crippen MR) is 76.6 cm³/mol. The van der Waals surface area contributed by atoms with Gasteiger partial charge in [-0.15, -0.1) is 0 Å². The van der Waals surface area contributed by atoms with E-state index in [0.29, 0.717) is 9.90 Å². The summed E-state index contributed by atoms with van der Waals surface area (Å²) < 4.78 is 6.54. The van der Waals surface area contributed by atoms with Crippen LogP contribution in [0.25, 0.3) is 0 Å². The zero-order valence-electron chi connectivity index (χ0n) is 13.6. The van der Waals surface area contributed by atoms with Gasteiger partial charge in [0.05, 0.1) is 21.1 Å². The Morgan fingerprint density at radius 2 is 1.84 bits per heavy atom. The molecule has 110 valence electrons. The molecule has 0 heterocycles. The Bertz CT molecular complexity index is 383. The fourth-order valence-electron chi connectivity index (χ4n) is 3.86. The number of ether oxygens (including phenoxy) is 1. The minimum absolute atomic E-state index is 0.0397. The third-order valence-electron chi connectivity index (χ3n) is 6.48. The van der Waals surface area contributed by atoms with Crippen LogP contribution in [-0.4, -0.2) is 43.7 Å². The smallest absolute Gasteiger partial charge is 0.364 e. The number of hydrogen-bond acceptors (Lipinski definition) is 2. The van der Waals surface area contributed by atoms with Crippen molar-refractivity contribution in [3.8, 4) is 0 Å². The number of likely N-dealkylation sites (N-methyl/N-ethyl adjacent to an activating group) is 1. The topological polar surface area (TPSA) is 26.3 Å². The van der Waals surface area contributed by atoms with Crippen molar-refractivity contribution >= 4 is 5.97 Å². The molecule has 0 amide bonds. The number of fused-ring (bicyclic) bond motifs is 2. The van der Waals surface area contributed by atoms with Crippen molar-refractivity contribution in [1.82, 2.24) is 0 Å². The maximum atomic E-state index is 12.3. The number of rotatable bonds is 3. The van der Waals surface area contributed by atoms with E-state index in [1.165, 1.54) is 12.8 Å². The molecule has 19 heavy (non-hydrogen) atoms. The van der Waals surface area contributed by atoms with E-state index in [1.807, 2.05) is 28.1 Å². The second-order valence-corrected chi connectivity index (χ2v) is 8.33. The summed E-state index contributed by atoms with van der Waals surface area (Å²) in [5, 5.41) is 0. The average molecular weight is 268 g/mol. The molecule has 0 radical (unpaired) electrons. The summed E-state index contributed by atoms with van der Waals surface area (Å²) in [6.45, 7) is 8.97. The molecule has 2 saturated carbocycles. The average Bonchev–Trinajstić information content (AvgIpc) is 2.59. The highest BCUT2D eigenvalue weighted by Crippen LogP contribution is 2.66. The van der Waals surface area contributed by atoms with Crippen molar-refractivity contribution in [3.05, 3.63) is 0 Å². The van der Waals surface area contributed by atoms with E-state index in [2.05, 4.69) is 20.8 Å². The Kier molecular flexibility index (Phi) is 3.29. The molecule has 4 atom stereocenters. The largest absolute Gasteiger partial charge is 0.457 e. The van der Waals surface area contributed by atoms with Crippen molar-refractivity contribution in [2.75, 3.05) is 21.1 Å². The summed E-state index contributed by atoms with van der Waals surface area (Å²) in [5.41, 5.74) is 0.468. The lowest BCUT2D eigenvalue weighted by atomic mass is 9.70. The highest BCUT2D eigenvalue weighted by Gasteiger charge is 2.63. The molecule has 3 heteroatoms. The van der Waals surface area contributed by atoms with Crippen LogP contribution in [0.2, 0.25) is 0 Å². The monoisotopic (exact) mass is 268 g/mol. The summed E-state index contributed by atoms with van der Waals surface area (Å²) in [6.07, 6.45) is 3.66. The molecule has 3 nitrogen and oxygen atoms in total. The summed E-state index contributed by atoms with van der Waals surface area (Å²) in [4.78, 5) is 12.3. The molecule has 0 aromatic heterocycles. The molecular formula is C16H30NO2+. The minimum Gasteiger partial charge on any atom is -0.457 e. The van der Waals surface area contributed by atoms with Crippen LogP contribution in [-0.2, 0) is 9.53 Å². The number of quaternary nitrogens is 1. The van der Waals surface area contributed by atoms with Crippen LogP contribution in [0.5, 0.6) is 0 Å². The fraction of sp³-hybridized carbons (Fsp3) is 0.938. The number of carbonyl (C=O) groups excluding carboxylic acids is 1. The molecule has 0 aliphatic heterocycles. The zero-order chi connectivity index (χ0) is 14.6. The molecule has 2 aliphatic rings. The van der Waals surface area contributed by atoms with Crippen LogP contribution in [0.4, 0.5) is 0 Å². The van der Waals surface area contributed by atoms with E-state index in [0.717, 1.165) is 12.3 Å². The molecule has 2 aliphatic carbocycles. The van der Waals surface area contributed by atoms with Gasteiger partial charge in [-0.3, -0.25) is 0 Å². The first kappa shape index (κ1) is 14.8. The molecule has 0 saturated heterocycles. The maximum Gasteiger partial charge on any atom is 0.364 e. The normalized spacial score (nSPS) is 38.3. The Hall–Kier alpha value is -0.570. The minimum atomic E-state index is -0.106. The summed E-state index contributed by atoms with van der Waals surface area (Å²) in [5.74, 6) is 0.678. The quantitative estimate of drug-likeness (QED) is 0.581. The van der Waals surface area contributed by atoms with Crippen LogP contribution in [0, 0.1) is 16.7 Å². The Morgan fingerprint density at radius 1 is 1.26 bits per heavy atom. The van der Waals surface area contributed by atoms with Crippen LogP contribution >= 0.6 is 0 Å². The summed E-state index contributed by atoms with van der Waals surface area (Å²) in [7, 11) is 6.12. The third kappa shape index (κ3) is 2.10. The van der Waals surface area contributed by atoms with Gasteiger partial charge in [0.1, 0.15) is 6.10 Å². The van der Waals surface area contributed by atoms with Gasteiger partial charge in [0, 0.05) is 5.41 Å². The number of esters is 1. The molecule has 0 unspecified atom stereocenters. The van der Waals surface area contributed by atoms with Gasteiger partial charge in [-0.25, -0.2) is 4.79 Å². The number of carbonyl (C=O) groups is 1. The highest BCUT2D eigenvalue weighted by molar-refractivity contribution is 5.74. The molecule has 0 N–H and O–H groups in total. The van der Waals surface area contributed by atoms with Crippen molar-refractivity contribution < 1.29 is 14.0 Å². The molecule has 2 rings (SSSR count). The molecule has 2 bridgehead atoms. The van der Waals surface area contributed by atoms with Gasteiger partial charge in [0.25, 0.3) is 0 Å². The second kappa shape index (κ2) is 4.21. The van der Waals surface area contributed by atoms with Gasteiger partial charge in [0.2, 0.25) is 0 Å². The first-order valence-corrected chi connectivity index (χ1v) is 7.52. The van der Waals surface area contributed by atoms with Crippen molar-refractivity contribution in [2.24, 2.45) is 16.7 Å². The Morgan fingerprint density at radius 3 is 2.21 bits per heavy atom. The second-order valence-electron chi connectivity index (χ2n) is 8.33. The van der Waals surface area contributed by atoms with Gasteiger partial charge in [-0.2, -0.15) is 0 Å². The molecule has 0 aromatic carbocycles. The van der Waals surface area contributed by atoms with Crippen molar-refractivity contribution in [3.63, 3.8) is 0 Å². The van der Waals surface area contributed by atoms with Gasteiger partial charge in [-0.05, 0) is 37.5 Å². The third-order valence-corrected chi connectivity index (χ3v) is 6.48. The van der Waals surface area contributed by atoms with Gasteiger partial charge >= 0.3 is 5.97 Å². The summed E-state index contributed by atoms with van der Waals surface area (Å²) >= 11 is 0. The van der Waals surface area contributed by atoms with E-state index in [-0.39, 0.29) is 23.5 Å². The van der Waals surface area contributed by atoms with E-state index < -0.39 is 0 Å². The molecular weight excluding hydrogens is 238 g/mol. The van der Waals surface area contributed by atoms with Crippen molar-refractivity contribution in [1.29, 1.82) is 0 Å². The first-order chi connectivity index (χ1) is 8.50. The Labute approximate surface area is 117 Å². The molecule has 2 fully saturated rings. The lowest BCUT2D eigenvalue weighted by Gasteiger charge is -2.39. The Balaban J connectivity index is 2.09. The SMILES string of the molecule is C[C@H](C(=O)O[C@H]1C[C@@H]2CC[C@@]1(C)C2(C)C)[N+](C)(C)C. The van der Waals surface area contributed by atoms with Crippen LogP contribution in [0.3, 0.4) is 0 Å². The summed E-state index contributed by atoms with van der Waals surface area (Å²) in [6, 6.07) is -0.106. The fourth-order valence-corrected chi connectivity index (χ4v) is 3.86. The maximum absolute atomic E-state index is 12.3. The van der Waals surface area contributed by atoms with E-state index in [1.54, 1.807) is 0 Å². The predicted octanol–water partition coefficient (Wildman–Crippen LogP) is 2.84. The molecule has 0 spiro atoms. The lowest BCUT2D eigenvalue weighted by Crippen LogP contribution is -2.50. The number of hydrogen-bond donors (Lipinski definition) is 0. The van der Waals surface area contributed by atoms with Crippen LogP contribution in [0.15, 0.2) is 0 Å². The van der Waals surface area contributed by atoms with Crippen molar-refractivity contribution in [2.45, 2.75) is 59.1 Å².